The Bertz CT molecular complexity index is 713. The molecular formula is C17H18N2O. The monoisotopic (exact) mass is 266 g/mol. The number of benzene rings is 1. The predicted octanol–water partition coefficient (Wildman–Crippen LogP) is 3.33. The highest BCUT2D eigenvalue weighted by molar-refractivity contribution is 5.90. The van der Waals surface area contributed by atoms with Crippen LogP contribution in [0.1, 0.15) is 18.1 Å². The minimum absolute atomic E-state index is 0.141. The molecule has 3 heteroatoms. The van der Waals surface area contributed by atoms with Gasteiger partial charge in [-0.05, 0) is 36.1 Å². The zero-order chi connectivity index (χ0) is 13.9. The van der Waals surface area contributed by atoms with Crippen molar-refractivity contribution in [2.45, 2.75) is 19.8 Å². The second kappa shape index (κ2) is 5.47. The smallest absolute Gasteiger partial charge is 0.0867 e. The molecule has 0 amide bonds. The fourth-order valence-corrected chi connectivity index (χ4v) is 2.57. The van der Waals surface area contributed by atoms with Gasteiger partial charge >= 0.3 is 0 Å². The van der Waals surface area contributed by atoms with Crippen LogP contribution in [0.4, 0.5) is 0 Å². The van der Waals surface area contributed by atoms with Gasteiger partial charge in [-0.3, -0.25) is 4.98 Å². The third-order valence-corrected chi connectivity index (χ3v) is 3.66. The third kappa shape index (κ3) is 2.21. The second-order valence-electron chi connectivity index (χ2n) is 4.90. The maximum atomic E-state index is 9.32. The summed E-state index contributed by atoms with van der Waals surface area (Å²) in [6.45, 7) is 2.26. The van der Waals surface area contributed by atoms with E-state index >= 15 is 0 Å². The van der Waals surface area contributed by atoms with Crippen molar-refractivity contribution in [1.29, 1.82) is 0 Å². The van der Waals surface area contributed by atoms with E-state index in [-0.39, 0.29) is 6.61 Å². The average molecular weight is 266 g/mol. The van der Waals surface area contributed by atoms with E-state index in [4.69, 9.17) is 0 Å². The molecule has 3 nitrogen and oxygen atoms in total. The van der Waals surface area contributed by atoms with E-state index < -0.39 is 0 Å². The highest BCUT2D eigenvalue weighted by Gasteiger charge is 2.13. The summed E-state index contributed by atoms with van der Waals surface area (Å²) in [5, 5.41) is 10.5. The van der Waals surface area contributed by atoms with Gasteiger partial charge in [-0.1, -0.05) is 31.2 Å². The van der Waals surface area contributed by atoms with Crippen LogP contribution in [0.25, 0.3) is 22.3 Å². The Balaban J connectivity index is 2.15. The average Bonchev–Trinajstić information content (AvgIpc) is 2.87. The van der Waals surface area contributed by atoms with Gasteiger partial charge in [0.2, 0.25) is 0 Å². The summed E-state index contributed by atoms with van der Waals surface area (Å²) < 4.78 is 0. The predicted molar refractivity (Wildman–Crippen MR) is 81.7 cm³/mol. The SMILES string of the molecule is CCc1ccc(-c2[nH]c3ccccc3c2CCO)nc1. The lowest BCUT2D eigenvalue weighted by Crippen LogP contribution is -1.94. The summed E-state index contributed by atoms with van der Waals surface area (Å²) >= 11 is 0. The molecule has 0 aliphatic heterocycles. The van der Waals surface area contributed by atoms with Crippen molar-refractivity contribution in [3.63, 3.8) is 0 Å². The van der Waals surface area contributed by atoms with Gasteiger partial charge in [-0.25, -0.2) is 0 Å². The van der Waals surface area contributed by atoms with Gasteiger partial charge in [0, 0.05) is 23.7 Å². The molecule has 0 saturated heterocycles. The van der Waals surface area contributed by atoms with Gasteiger partial charge in [0.15, 0.2) is 0 Å². The minimum atomic E-state index is 0.141. The van der Waals surface area contributed by atoms with E-state index in [1.807, 2.05) is 24.4 Å². The van der Waals surface area contributed by atoms with Gasteiger partial charge in [-0.2, -0.15) is 0 Å². The number of hydrogen-bond acceptors (Lipinski definition) is 2. The summed E-state index contributed by atoms with van der Waals surface area (Å²) in [7, 11) is 0. The Labute approximate surface area is 118 Å². The van der Waals surface area contributed by atoms with Crippen LogP contribution in [0.15, 0.2) is 42.6 Å². The van der Waals surface area contributed by atoms with Crippen LogP contribution in [0.2, 0.25) is 0 Å². The zero-order valence-electron chi connectivity index (χ0n) is 11.6. The van der Waals surface area contributed by atoms with Crippen LogP contribution in [-0.4, -0.2) is 21.7 Å². The van der Waals surface area contributed by atoms with E-state index in [0.29, 0.717) is 6.42 Å². The molecule has 0 aliphatic carbocycles. The first kappa shape index (κ1) is 12.9. The lowest BCUT2D eigenvalue weighted by atomic mass is 10.1. The minimum Gasteiger partial charge on any atom is -0.396 e. The standard InChI is InChI=1S/C17H18N2O/c1-2-12-7-8-16(18-11-12)17-14(9-10-20)13-5-3-4-6-15(13)19-17/h3-8,11,19-20H,2,9-10H2,1H3. The van der Waals surface area contributed by atoms with E-state index in [1.54, 1.807) is 0 Å². The molecule has 2 N–H and O–H groups in total. The highest BCUT2D eigenvalue weighted by atomic mass is 16.2. The third-order valence-electron chi connectivity index (χ3n) is 3.66. The van der Waals surface area contributed by atoms with Crippen molar-refractivity contribution in [1.82, 2.24) is 9.97 Å². The van der Waals surface area contributed by atoms with Crippen LogP contribution in [0.5, 0.6) is 0 Å². The van der Waals surface area contributed by atoms with E-state index in [1.165, 1.54) is 5.56 Å². The van der Waals surface area contributed by atoms with Crippen molar-refractivity contribution in [2.24, 2.45) is 0 Å². The van der Waals surface area contributed by atoms with Gasteiger partial charge in [0.05, 0.1) is 11.4 Å². The maximum absolute atomic E-state index is 9.32. The number of aromatic amines is 1. The Morgan fingerprint density at radius 2 is 2.00 bits per heavy atom. The first-order chi connectivity index (χ1) is 9.83. The number of para-hydroxylation sites is 1. The highest BCUT2D eigenvalue weighted by Crippen LogP contribution is 2.29. The van der Waals surface area contributed by atoms with Crippen LogP contribution < -0.4 is 0 Å². The number of pyridine rings is 1. The summed E-state index contributed by atoms with van der Waals surface area (Å²) in [6, 6.07) is 12.3. The molecule has 0 atom stereocenters. The van der Waals surface area contributed by atoms with Gasteiger partial charge in [0.1, 0.15) is 0 Å². The number of H-pyrrole nitrogens is 1. The number of rotatable bonds is 4. The van der Waals surface area contributed by atoms with Crippen molar-refractivity contribution in [2.75, 3.05) is 6.61 Å². The van der Waals surface area contributed by atoms with Gasteiger partial charge in [0.25, 0.3) is 0 Å². The first-order valence-electron chi connectivity index (χ1n) is 6.99. The number of aliphatic hydroxyl groups is 1. The Morgan fingerprint density at radius 1 is 1.15 bits per heavy atom. The lowest BCUT2D eigenvalue weighted by Gasteiger charge is -2.04. The van der Waals surface area contributed by atoms with Gasteiger partial charge in [-0.15, -0.1) is 0 Å². The molecule has 0 unspecified atom stereocenters. The van der Waals surface area contributed by atoms with E-state index in [9.17, 15) is 5.11 Å². The van der Waals surface area contributed by atoms with Crippen molar-refractivity contribution in [3.05, 3.63) is 53.7 Å². The summed E-state index contributed by atoms with van der Waals surface area (Å²) in [6.07, 6.45) is 3.55. The number of nitrogens with one attached hydrogen (secondary N) is 1. The van der Waals surface area contributed by atoms with Crippen molar-refractivity contribution in [3.8, 4) is 11.4 Å². The lowest BCUT2D eigenvalue weighted by molar-refractivity contribution is 0.300. The molecule has 20 heavy (non-hydrogen) atoms. The molecule has 1 aromatic carbocycles. The van der Waals surface area contributed by atoms with Crippen molar-refractivity contribution < 1.29 is 5.11 Å². The summed E-state index contributed by atoms with van der Waals surface area (Å²) in [5.41, 5.74) is 5.41. The van der Waals surface area contributed by atoms with E-state index in [2.05, 4.69) is 35.1 Å². The fraction of sp³-hybridized carbons (Fsp3) is 0.235. The van der Waals surface area contributed by atoms with Crippen molar-refractivity contribution >= 4 is 10.9 Å². The van der Waals surface area contributed by atoms with Crippen LogP contribution in [0.3, 0.4) is 0 Å². The number of fused-ring (bicyclic) bond motifs is 1. The molecule has 2 aromatic heterocycles. The largest absolute Gasteiger partial charge is 0.396 e. The molecule has 2 heterocycles. The zero-order valence-corrected chi connectivity index (χ0v) is 11.6. The van der Waals surface area contributed by atoms with Gasteiger partial charge < -0.3 is 10.1 Å². The number of aromatic nitrogens is 2. The van der Waals surface area contributed by atoms with Crippen LogP contribution in [-0.2, 0) is 12.8 Å². The number of aliphatic hydroxyl groups excluding tert-OH is 1. The summed E-state index contributed by atoms with van der Waals surface area (Å²) in [4.78, 5) is 7.97. The maximum Gasteiger partial charge on any atom is 0.0867 e. The molecule has 0 aliphatic rings. The first-order valence-corrected chi connectivity index (χ1v) is 6.99. The number of hydrogen-bond donors (Lipinski definition) is 2. The topological polar surface area (TPSA) is 48.9 Å². The quantitative estimate of drug-likeness (QED) is 0.761. The Hall–Kier alpha value is -2.13. The number of aryl methyl sites for hydroxylation is 1. The number of nitrogens with zero attached hydrogens (tertiary/aromatic N) is 1. The molecule has 0 saturated carbocycles. The molecule has 102 valence electrons. The molecule has 3 rings (SSSR count). The Kier molecular flexibility index (Phi) is 3.52. The molecule has 0 bridgehead atoms. The molecule has 0 radical (unpaired) electrons. The second-order valence-corrected chi connectivity index (χ2v) is 4.90. The molecule has 0 fully saturated rings. The molecular weight excluding hydrogens is 248 g/mol. The van der Waals surface area contributed by atoms with Crippen LogP contribution >= 0.6 is 0 Å². The molecule has 3 aromatic rings. The Morgan fingerprint density at radius 3 is 2.70 bits per heavy atom. The van der Waals surface area contributed by atoms with E-state index in [0.717, 1.165) is 34.3 Å². The molecule has 0 spiro atoms. The fourth-order valence-electron chi connectivity index (χ4n) is 2.57. The normalized spacial score (nSPS) is 11.1. The summed E-state index contributed by atoms with van der Waals surface area (Å²) in [5.74, 6) is 0. The van der Waals surface area contributed by atoms with Crippen LogP contribution in [0, 0.1) is 0 Å².